The molecule has 1 aromatic heterocycles. The van der Waals surface area contributed by atoms with Gasteiger partial charge in [0.25, 0.3) is 0 Å². The normalized spacial score (nSPS) is 19.2. The van der Waals surface area contributed by atoms with Gasteiger partial charge in [0.2, 0.25) is 0 Å². The molecule has 1 aliphatic rings. The second-order valence-electron chi connectivity index (χ2n) is 5.66. The molecule has 2 aromatic rings. The Morgan fingerprint density at radius 2 is 2.09 bits per heavy atom. The fourth-order valence-electron chi connectivity index (χ4n) is 2.81. The van der Waals surface area contributed by atoms with Gasteiger partial charge >= 0.3 is 12.0 Å². The maximum atomic E-state index is 12.0. The van der Waals surface area contributed by atoms with Crippen LogP contribution in [0.5, 0.6) is 0 Å². The number of hydrogen-bond donors (Lipinski definition) is 3. The summed E-state index contributed by atoms with van der Waals surface area (Å²) in [5.74, 6) is -0.0911. The fourth-order valence-corrected chi connectivity index (χ4v) is 2.81. The number of carbonyl (C=O) groups is 2. The highest BCUT2D eigenvalue weighted by molar-refractivity contribution is 5.87. The molecule has 3 rings (SSSR count). The van der Waals surface area contributed by atoms with Crippen molar-refractivity contribution in [3.63, 3.8) is 0 Å². The molecule has 0 aliphatic carbocycles. The van der Waals surface area contributed by atoms with Gasteiger partial charge in [-0.3, -0.25) is 0 Å². The van der Waals surface area contributed by atoms with Crippen molar-refractivity contribution in [3.05, 3.63) is 53.6 Å². The SMILES string of the molecule is CC1CC(NC(=O)NCc2ccc(C(=O)O)cc2)c2nccn21. The van der Waals surface area contributed by atoms with Gasteiger partial charge in [-0.15, -0.1) is 0 Å². The number of aromatic carboxylic acids is 1. The van der Waals surface area contributed by atoms with Crippen LogP contribution in [-0.2, 0) is 6.54 Å². The molecule has 0 radical (unpaired) electrons. The predicted octanol–water partition coefficient (Wildman–Crippen LogP) is 2.09. The van der Waals surface area contributed by atoms with E-state index >= 15 is 0 Å². The van der Waals surface area contributed by atoms with Crippen molar-refractivity contribution in [1.29, 1.82) is 0 Å². The summed E-state index contributed by atoms with van der Waals surface area (Å²) in [5, 5.41) is 14.6. The molecular formula is C16H18N4O3. The number of benzene rings is 1. The maximum Gasteiger partial charge on any atom is 0.335 e. The first-order valence-electron chi connectivity index (χ1n) is 7.44. The predicted molar refractivity (Wildman–Crippen MR) is 83.1 cm³/mol. The number of aromatic nitrogens is 2. The van der Waals surface area contributed by atoms with Gasteiger partial charge in [-0.05, 0) is 31.0 Å². The molecule has 1 aliphatic heterocycles. The van der Waals surface area contributed by atoms with E-state index in [1.165, 1.54) is 12.1 Å². The van der Waals surface area contributed by atoms with E-state index in [1.807, 2.05) is 6.20 Å². The van der Waals surface area contributed by atoms with Gasteiger partial charge in [-0.2, -0.15) is 0 Å². The molecule has 2 atom stereocenters. The molecule has 0 saturated carbocycles. The minimum atomic E-state index is -0.965. The minimum Gasteiger partial charge on any atom is -0.478 e. The van der Waals surface area contributed by atoms with Crippen molar-refractivity contribution >= 4 is 12.0 Å². The summed E-state index contributed by atoms with van der Waals surface area (Å²) in [6, 6.07) is 6.39. The molecule has 1 aromatic carbocycles. The fraction of sp³-hybridized carbons (Fsp3) is 0.312. The maximum absolute atomic E-state index is 12.0. The molecule has 120 valence electrons. The highest BCUT2D eigenvalue weighted by Gasteiger charge is 2.29. The van der Waals surface area contributed by atoms with E-state index in [1.54, 1.807) is 18.3 Å². The number of urea groups is 1. The first-order chi connectivity index (χ1) is 11.0. The summed E-state index contributed by atoms with van der Waals surface area (Å²) in [4.78, 5) is 27.1. The number of fused-ring (bicyclic) bond motifs is 1. The van der Waals surface area contributed by atoms with Crippen LogP contribution in [0.3, 0.4) is 0 Å². The Kier molecular flexibility index (Phi) is 4.01. The van der Waals surface area contributed by atoms with Crippen molar-refractivity contribution in [3.8, 4) is 0 Å². The second kappa shape index (κ2) is 6.12. The van der Waals surface area contributed by atoms with Crippen molar-refractivity contribution in [2.45, 2.75) is 32.0 Å². The van der Waals surface area contributed by atoms with E-state index in [0.29, 0.717) is 12.6 Å². The summed E-state index contributed by atoms with van der Waals surface area (Å²) in [5.41, 5.74) is 1.07. The number of nitrogens with zero attached hydrogens (tertiary/aromatic N) is 2. The Morgan fingerprint density at radius 3 is 2.78 bits per heavy atom. The summed E-state index contributed by atoms with van der Waals surface area (Å²) < 4.78 is 2.07. The second-order valence-corrected chi connectivity index (χ2v) is 5.66. The quantitative estimate of drug-likeness (QED) is 0.805. The topological polar surface area (TPSA) is 96.2 Å². The Hall–Kier alpha value is -2.83. The number of hydrogen-bond acceptors (Lipinski definition) is 3. The molecule has 3 N–H and O–H groups in total. The lowest BCUT2D eigenvalue weighted by Crippen LogP contribution is -2.37. The smallest absolute Gasteiger partial charge is 0.335 e. The van der Waals surface area contributed by atoms with Crippen LogP contribution in [0.2, 0.25) is 0 Å². The van der Waals surface area contributed by atoms with Crippen molar-refractivity contribution in [2.24, 2.45) is 0 Å². The first-order valence-corrected chi connectivity index (χ1v) is 7.44. The van der Waals surface area contributed by atoms with Crippen LogP contribution in [0.1, 0.15) is 47.2 Å². The third-order valence-corrected chi connectivity index (χ3v) is 4.02. The zero-order chi connectivity index (χ0) is 16.4. The van der Waals surface area contributed by atoms with Crippen LogP contribution in [0.25, 0.3) is 0 Å². The van der Waals surface area contributed by atoms with Gasteiger partial charge < -0.3 is 20.3 Å². The van der Waals surface area contributed by atoms with Crippen molar-refractivity contribution < 1.29 is 14.7 Å². The molecule has 0 fully saturated rings. The van der Waals surface area contributed by atoms with Crippen LogP contribution < -0.4 is 10.6 Å². The number of carboxylic acids is 1. The molecular weight excluding hydrogens is 296 g/mol. The lowest BCUT2D eigenvalue weighted by molar-refractivity contribution is 0.0697. The zero-order valence-corrected chi connectivity index (χ0v) is 12.7. The van der Waals surface area contributed by atoms with Crippen LogP contribution in [0, 0.1) is 0 Å². The molecule has 7 heteroatoms. The lowest BCUT2D eigenvalue weighted by atomic mass is 10.1. The van der Waals surface area contributed by atoms with E-state index in [-0.39, 0.29) is 17.6 Å². The van der Waals surface area contributed by atoms with E-state index in [4.69, 9.17) is 5.11 Å². The standard InChI is InChI=1S/C16H18N4O3/c1-10-8-13(14-17-6-7-20(10)14)19-16(23)18-9-11-2-4-12(5-3-11)15(21)22/h2-7,10,13H,8-9H2,1H3,(H,21,22)(H2,18,19,23). The van der Waals surface area contributed by atoms with E-state index < -0.39 is 5.97 Å². The Bertz CT molecular complexity index is 723. The number of amides is 2. The Balaban J connectivity index is 1.53. The summed E-state index contributed by atoms with van der Waals surface area (Å²) in [6.07, 6.45) is 4.48. The molecule has 2 amide bonds. The average molecular weight is 314 g/mol. The molecule has 7 nitrogen and oxygen atoms in total. The first kappa shape index (κ1) is 15.1. The Morgan fingerprint density at radius 1 is 1.35 bits per heavy atom. The molecule has 2 unspecified atom stereocenters. The van der Waals surface area contributed by atoms with Gasteiger partial charge in [-0.25, -0.2) is 14.6 Å². The number of imidazole rings is 1. The van der Waals surface area contributed by atoms with Crippen LogP contribution in [0.15, 0.2) is 36.7 Å². The summed E-state index contributed by atoms with van der Waals surface area (Å²) in [7, 11) is 0. The van der Waals surface area contributed by atoms with Gasteiger partial charge in [0, 0.05) is 25.0 Å². The molecule has 23 heavy (non-hydrogen) atoms. The van der Waals surface area contributed by atoms with Gasteiger partial charge in [0.1, 0.15) is 5.82 Å². The van der Waals surface area contributed by atoms with Crippen molar-refractivity contribution in [2.75, 3.05) is 0 Å². The molecule has 0 saturated heterocycles. The largest absolute Gasteiger partial charge is 0.478 e. The molecule has 2 heterocycles. The van der Waals surface area contributed by atoms with Crippen LogP contribution in [-0.4, -0.2) is 26.7 Å². The third kappa shape index (κ3) is 3.18. The summed E-state index contributed by atoms with van der Waals surface area (Å²) in [6.45, 7) is 2.43. The van der Waals surface area contributed by atoms with Crippen molar-refractivity contribution in [1.82, 2.24) is 20.2 Å². The van der Waals surface area contributed by atoms with Gasteiger partial charge in [-0.1, -0.05) is 12.1 Å². The lowest BCUT2D eigenvalue weighted by Gasteiger charge is -2.13. The van der Waals surface area contributed by atoms with E-state index in [0.717, 1.165) is 17.8 Å². The van der Waals surface area contributed by atoms with Crippen LogP contribution >= 0.6 is 0 Å². The number of rotatable bonds is 4. The van der Waals surface area contributed by atoms with Gasteiger partial charge in [0.05, 0.1) is 11.6 Å². The Labute approximate surface area is 133 Å². The minimum absolute atomic E-state index is 0.0885. The third-order valence-electron chi connectivity index (χ3n) is 4.02. The number of carboxylic acid groups (broad SMARTS) is 1. The monoisotopic (exact) mass is 314 g/mol. The van der Waals surface area contributed by atoms with Gasteiger partial charge in [0.15, 0.2) is 0 Å². The van der Waals surface area contributed by atoms with E-state index in [2.05, 4.69) is 27.1 Å². The number of nitrogens with one attached hydrogen (secondary N) is 2. The highest BCUT2D eigenvalue weighted by Crippen LogP contribution is 2.32. The van der Waals surface area contributed by atoms with E-state index in [9.17, 15) is 9.59 Å². The molecule has 0 spiro atoms. The number of carbonyl (C=O) groups excluding carboxylic acids is 1. The highest BCUT2D eigenvalue weighted by atomic mass is 16.4. The molecule has 0 bridgehead atoms. The van der Waals surface area contributed by atoms with Crippen LogP contribution in [0.4, 0.5) is 4.79 Å². The average Bonchev–Trinajstić information content (AvgIpc) is 3.11. The zero-order valence-electron chi connectivity index (χ0n) is 12.7. The summed E-state index contributed by atoms with van der Waals surface area (Å²) >= 11 is 0.